The van der Waals surface area contributed by atoms with Crippen LogP contribution in [0.15, 0.2) is 72.3 Å². The highest BCUT2D eigenvalue weighted by molar-refractivity contribution is 6.51. The number of carbonyl (C=O) groups excluding carboxylic acids is 2. The average Bonchev–Trinajstić information content (AvgIpc) is 3.15. The first kappa shape index (κ1) is 24.9. The summed E-state index contributed by atoms with van der Waals surface area (Å²) in [5.41, 5.74) is 2.42. The van der Waals surface area contributed by atoms with Crippen molar-refractivity contribution >= 4 is 23.1 Å². The van der Waals surface area contributed by atoms with Crippen LogP contribution in [0.5, 0.6) is 17.2 Å². The maximum absolute atomic E-state index is 13.5. The molecular weight excluding hydrogens is 458 g/mol. The third-order valence-electron chi connectivity index (χ3n) is 5.97. The Morgan fingerprint density at radius 2 is 1.61 bits per heavy atom. The number of hydrogen-bond donors (Lipinski definition) is 1. The van der Waals surface area contributed by atoms with Gasteiger partial charge < -0.3 is 19.3 Å². The van der Waals surface area contributed by atoms with E-state index < -0.39 is 17.7 Å². The number of anilines is 1. The van der Waals surface area contributed by atoms with Crippen LogP contribution >= 0.6 is 0 Å². The van der Waals surface area contributed by atoms with Crippen molar-refractivity contribution in [1.82, 2.24) is 0 Å². The summed E-state index contributed by atoms with van der Waals surface area (Å²) in [6.07, 6.45) is 0. The van der Waals surface area contributed by atoms with E-state index in [0.29, 0.717) is 47.3 Å². The Kier molecular flexibility index (Phi) is 7.29. The lowest BCUT2D eigenvalue weighted by Gasteiger charge is -2.26. The lowest BCUT2D eigenvalue weighted by atomic mass is 9.94. The summed E-state index contributed by atoms with van der Waals surface area (Å²) in [6, 6.07) is 18.6. The highest BCUT2D eigenvalue weighted by atomic mass is 16.5. The van der Waals surface area contributed by atoms with Gasteiger partial charge in [-0.25, -0.2) is 0 Å². The van der Waals surface area contributed by atoms with E-state index in [1.165, 1.54) is 12.0 Å². The summed E-state index contributed by atoms with van der Waals surface area (Å²) in [4.78, 5) is 28.3. The van der Waals surface area contributed by atoms with Crippen LogP contribution in [-0.2, 0) is 9.59 Å². The topological polar surface area (TPSA) is 85.3 Å². The zero-order valence-electron chi connectivity index (χ0n) is 20.8. The summed E-state index contributed by atoms with van der Waals surface area (Å²) >= 11 is 0. The van der Waals surface area contributed by atoms with Crippen LogP contribution in [0.25, 0.3) is 5.76 Å². The van der Waals surface area contributed by atoms with Gasteiger partial charge in [-0.3, -0.25) is 14.5 Å². The lowest BCUT2D eigenvalue weighted by molar-refractivity contribution is -0.132. The number of hydrogen-bond acceptors (Lipinski definition) is 6. The van der Waals surface area contributed by atoms with E-state index >= 15 is 0 Å². The van der Waals surface area contributed by atoms with E-state index in [1.807, 2.05) is 45.0 Å². The van der Waals surface area contributed by atoms with Gasteiger partial charge in [0.1, 0.15) is 11.5 Å². The van der Waals surface area contributed by atoms with Gasteiger partial charge >= 0.3 is 0 Å². The summed E-state index contributed by atoms with van der Waals surface area (Å²) in [6.45, 7) is 6.51. The number of Topliss-reactive ketones (excluding diaryl/α,β-unsaturated/α-hetero) is 1. The van der Waals surface area contributed by atoms with Gasteiger partial charge in [0.2, 0.25) is 0 Å². The second-order valence-electron chi connectivity index (χ2n) is 8.28. The number of ketones is 1. The molecule has 7 nitrogen and oxygen atoms in total. The molecule has 1 aliphatic heterocycles. The standard InChI is InChI=1S/C29H29NO6/c1-5-35-23-15-14-20(17-24(23)36-6-2)30-26(19-11-9-10-18(3)16-19)25(28(32)29(30)33)27(31)21-12-7-8-13-22(21)34-4/h7-17,26,31H,5-6H2,1-4H3/b27-25+. The van der Waals surface area contributed by atoms with Crippen molar-refractivity contribution in [2.75, 3.05) is 25.2 Å². The van der Waals surface area contributed by atoms with Gasteiger partial charge in [-0.15, -0.1) is 0 Å². The minimum absolute atomic E-state index is 0.0121. The van der Waals surface area contributed by atoms with Gasteiger partial charge in [-0.1, -0.05) is 42.0 Å². The molecule has 1 atom stereocenters. The first-order chi connectivity index (χ1) is 17.4. The van der Waals surface area contributed by atoms with Gasteiger partial charge in [0.05, 0.1) is 37.5 Å². The van der Waals surface area contributed by atoms with Gasteiger partial charge in [0, 0.05) is 11.8 Å². The molecule has 1 N–H and O–H groups in total. The molecule has 186 valence electrons. The number of nitrogens with zero attached hydrogens (tertiary/aromatic N) is 1. The average molecular weight is 488 g/mol. The van der Waals surface area contributed by atoms with Crippen LogP contribution in [-0.4, -0.2) is 37.1 Å². The molecule has 0 radical (unpaired) electrons. The Morgan fingerprint density at radius 1 is 0.889 bits per heavy atom. The smallest absolute Gasteiger partial charge is 0.300 e. The monoisotopic (exact) mass is 487 g/mol. The number of aryl methyl sites for hydroxylation is 1. The van der Waals surface area contributed by atoms with Crippen molar-refractivity contribution in [2.45, 2.75) is 26.8 Å². The Bertz CT molecular complexity index is 1330. The zero-order chi connectivity index (χ0) is 25.8. The highest BCUT2D eigenvalue weighted by Gasteiger charge is 2.47. The molecular formula is C29H29NO6. The molecule has 0 bridgehead atoms. The number of carbonyl (C=O) groups is 2. The second kappa shape index (κ2) is 10.6. The first-order valence-electron chi connectivity index (χ1n) is 11.8. The minimum Gasteiger partial charge on any atom is -0.507 e. The zero-order valence-corrected chi connectivity index (χ0v) is 20.8. The van der Waals surface area contributed by atoms with Crippen LogP contribution in [0, 0.1) is 6.92 Å². The number of para-hydroxylation sites is 1. The molecule has 1 heterocycles. The maximum Gasteiger partial charge on any atom is 0.300 e. The van der Waals surface area contributed by atoms with Crippen molar-refractivity contribution in [3.63, 3.8) is 0 Å². The highest BCUT2D eigenvalue weighted by Crippen LogP contribution is 2.45. The summed E-state index contributed by atoms with van der Waals surface area (Å²) < 4.78 is 16.8. The predicted octanol–water partition coefficient (Wildman–Crippen LogP) is 5.43. The van der Waals surface area contributed by atoms with Crippen LogP contribution in [0.3, 0.4) is 0 Å². The number of rotatable bonds is 8. The normalized spacial score (nSPS) is 16.8. The lowest BCUT2D eigenvalue weighted by Crippen LogP contribution is -2.29. The number of amides is 1. The van der Waals surface area contributed by atoms with Crippen molar-refractivity contribution in [3.8, 4) is 17.2 Å². The van der Waals surface area contributed by atoms with E-state index in [9.17, 15) is 14.7 Å². The van der Waals surface area contributed by atoms with Crippen molar-refractivity contribution in [3.05, 3.63) is 89.0 Å². The SMILES string of the molecule is CCOc1ccc(N2C(=O)C(=O)/C(=C(/O)c3ccccc3OC)C2c2cccc(C)c2)cc1OCC. The molecule has 7 heteroatoms. The molecule has 0 saturated carbocycles. The maximum atomic E-state index is 13.5. The largest absolute Gasteiger partial charge is 0.507 e. The van der Waals surface area contributed by atoms with E-state index in [4.69, 9.17) is 14.2 Å². The van der Waals surface area contributed by atoms with Crippen molar-refractivity contribution < 1.29 is 28.9 Å². The Hall–Kier alpha value is -4.26. The van der Waals surface area contributed by atoms with E-state index in [0.717, 1.165) is 5.56 Å². The molecule has 4 rings (SSSR count). The van der Waals surface area contributed by atoms with Crippen LogP contribution in [0.2, 0.25) is 0 Å². The summed E-state index contributed by atoms with van der Waals surface area (Å²) in [7, 11) is 1.48. The molecule has 3 aromatic rings. The molecule has 0 aliphatic carbocycles. The molecule has 36 heavy (non-hydrogen) atoms. The van der Waals surface area contributed by atoms with E-state index in [1.54, 1.807) is 42.5 Å². The van der Waals surface area contributed by atoms with Crippen molar-refractivity contribution in [2.24, 2.45) is 0 Å². The van der Waals surface area contributed by atoms with Crippen molar-refractivity contribution in [1.29, 1.82) is 0 Å². The van der Waals surface area contributed by atoms with Gasteiger partial charge in [-0.05, 0) is 50.6 Å². The molecule has 0 aromatic heterocycles. The fourth-order valence-electron chi connectivity index (χ4n) is 4.43. The molecule has 1 amide bonds. The number of aliphatic hydroxyl groups is 1. The van der Waals surface area contributed by atoms with Crippen LogP contribution < -0.4 is 19.1 Å². The number of methoxy groups -OCH3 is 1. The van der Waals surface area contributed by atoms with Gasteiger partial charge in [0.15, 0.2) is 11.5 Å². The third kappa shape index (κ3) is 4.52. The predicted molar refractivity (Wildman–Crippen MR) is 138 cm³/mol. The molecule has 1 unspecified atom stereocenters. The fourth-order valence-corrected chi connectivity index (χ4v) is 4.43. The molecule has 1 saturated heterocycles. The van der Waals surface area contributed by atoms with Gasteiger partial charge in [-0.2, -0.15) is 0 Å². The van der Waals surface area contributed by atoms with E-state index in [2.05, 4.69) is 0 Å². The van der Waals surface area contributed by atoms with Gasteiger partial charge in [0.25, 0.3) is 11.7 Å². The fraction of sp³-hybridized carbons (Fsp3) is 0.241. The van der Waals surface area contributed by atoms with E-state index in [-0.39, 0.29) is 11.3 Å². The quantitative estimate of drug-likeness (QED) is 0.259. The Labute approximate surface area is 210 Å². The molecule has 3 aromatic carbocycles. The first-order valence-corrected chi connectivity index (χ1v) is 11.8. The van der Waals surface area contributed by atoms with Crippen LogP contribution in [0.1, 0.15) is 36.6 Å². The third-order valence-corrected chi connectivity index (χ3v) is 5.97. The summed E-state index contributed by atoms with van der Waals surface area (Å²) in [5.74, 6) is -0.423. The minimum atomic E-state index is -0.859. The number of aliphatic hydroxyl groups excluding tert-OH is 1. The second-order valence-corrected chi connectivity index (χ2v) is 8.28. The van der Waals surface area contributed by atoms with Crippen LogP contribution in [0.4, 0.5) is 5.69 Å². The molecule has 1 aliphatic rings. The summed E-state index contributed by atoms with van der Waals surface area (Å²) in [5, 5.41) is 11.4. The Morgan fingerprint density at radius 3 is 2.31 bits per heavy atom. The molecule has 0 spiro atoms. The Balaban J connectivity index is 1.95. The number of benzene rings is 3. The number of ether oxygens (including phenoxy) is 3. The molecule has 1 fully saturated rings.